The number of aliphatic hydroxyl groups is 1. The lowest BCUT2D eigenvalue weighted by Crippen LogP contribution is -2.54. The van der Waals surface area contributed by atoms with E-state index in [2.05, 4.69) is 5.32 Å². The Morgan fingerprint density at radius 2 is 2.12 bits per heavy atom. The monoisotopic (exact) mass is 346 g/mol. The van der Waals surface area contributed by atoms with Crippen LogP contribution in [0, 0.1) is 5.92 Å². The number of carbonyl (C=O) groups excluding carboxylic acids is 2. The number of hydrogen-bond acceptors (Lipinski definition) is 4. The highest BCUT2D eigenvalue weighted by Gasteiger charge is 2.38. The maximum atomic E-state index is 12.8. The largest absolute Gasteiger partial charge is 0.396 e. The summed E-state index contributed by atoms with van der Waals surface area (Å²) in [6.07, 6.45) is 2.82. The second-order valence-corrected chi connectivity index (χ2v) is 7.00. The molecule has 2 atom stereocenters. The summed E-state index contributed by atoms with van der Waals surface area (Å²) in [6, 6.07) is 9.18. The molecule has 0 radical (unpaired) electrons. The lowest BCUT2D eigenvalue weighted by Gasteiger charge is -2.35. The fourth-order valence-electron chi connectivity index (χ4n) is 3.68. The molecule has 2 fully saturated rings. The highest BCUT2D eigenvalue weighted by atomic mass is 16.5. The zero-order chi connectivity index (χ0) is 17.7. The lowest BCUT2D eigenvalue weighted by molar-refractivity contribution is -0.128. The van der Waals surface area contributed by atoms with Crippen LogP contribution in [0.25, 0.3) is 0 Å². The van der Waals surface area contributed by atoms with Crippen molar-refractivity contribution in [2.24, 2.45) is 5.92 Å². The van der Waals surface area contributed by atoms with Crippen LogP contribution in [0.3, 0.4) is 0 Å². The number of nitrogens with zero attached hydrogens (tertiary/aromatic N) is 1. The second-order valence-electron chi connectivity index (χ2n) is 7.00. The van der Waals surface area contributed by atoms with Gasteiger partial charge in [-0.25, -0.2) is 0 Å². The smallest absolute Gasteiger partial charge is 0.253 e. The first kappa shape index (κ1) is 17.9. The molecule has 2 saturated heterocycles. The first-order chi connectivity index (χ1) is 12.1. The van der Waals surface area contributed by atoms with Gasteiger partial charge in [-0.05, 0) is 37.8 Å². The van der Waals surface area contributed by atoms with E-state index in [9.17, 15) is 14.7 Å². The number of amides is 2. The molecular formula is C19H26N2O4. The number of rotatable bonds is 5. The van der Waals surface area contributed by atoms with Crippen molar-refractivity contribution in [3.05, 3.63) is 35.9 Å². The van der Waals surface area contributed by atoms with E-state index in [-0.39, 0.29) is 24.3 Å². The summed E-state index contributed by atoms with van der Waals surface area (Å²) < 4.78 is 5.43. The van der Waals surface area contributed by atoms with Gasteiger partial charge in [0.1, 0.15) is 0 Å². The molecule has 136 valence electrons. The van der Waals surface area contributed by atoms with E-state index in [1.165, 1.54) is 0 Å². The Balaban J connectivity index is 1.62. The second kappa shape index (κ2) is 7.97. The fraction of sp³-hybridized carbons (Fsp3) is 0.579. The van der Waals surface area contributed by atoms with Crippen molar-refractivity contribution in [1.82, 2.24) is 10.2 Å². The Bertz CT molecular complexity index is 599. The highest BCUT2D eigenvalue weighted by Crippen LogP contribution is 2.25. The van der Waals surface area contributed by atoms with E-state index in [0.29, 0.717) is 38.3 Å². The summed E-state index contributed by atoms with van der Waals surface area (Å²) in [5.74, 6) is -0.269. The minimum absolute atomic E-state index is 0.0208. The Kier molecular flexibility index (Phi) is 5.71. The first-order valence-electron chi connectivity index (χ1n) is 8.98. The molecule has 3 rings (SSSR count). The van der Waals surface area contributed by atoms with Crippen molar-refractivity contribution in [3.63, 3.8) is 0 Å². The van der Waals surface area contributed by atoms with Crippen LogP contribution in [0.2, 0.25) is 0 Å². The summed E-state index contributed by atoms with van der Waals surface area (Å²) >= 11 is 0. The molecular weight excluding hydrogens is 320 g/mol. The van der Waals surface area contributed by atoms with E-state index >= 15 is 0 Å². The minimum Gasteiger partial charge on any atom is -0.396 e. The number of nitrogens with one attached hydrogen (secondary N) is 1. The van der Waals surface area contributed by atoms with Gasteiger partial charge in [-0.15, -0.1) is 0 Å². The summed E-state index contributed by atoms with van der Waals surface area (Å²) in [6.45, 7) is 2.19. The number of carbonyl (C=O) groups is 2. The van der Waals surface area contributed by atoms with E-state index in [4.69, 9.17) is 4.74 Å². The average molecular weight is 346 g/mol. The van der Waals surface area contributed by atoms with Crippen molar-refractivity contribution >= 4 is 11.8 Å². The highest BCUT2D eigenvalue weighted by molar-refractivity contribution is 5.94. The molecule has 1 aromatic rings. The third kappa shape index (κ3) is 4.19. The van der Waals surface area contributed by atoms with Gasteiger partial charge in [-0.2, -0.15) is 0 Å². The molecule has 0 aliphatic carbocycles. The summed E-state index contributed by atoms with van der Waals surface area (Å²) in [4.78, 5) is 27.1. The molecule has 0 spiro atoms. The van der Waals surface area contributed by atoms with E-state index in [0.717, 1.165) is 19.3 Å². The molecule has 2 heterocycles. The van der Waals surface area contributed by atoms with Crippen LogP contribution in [0.5, 0.6) is 0 Å². The topological polar surface area (TPSA) is 78.9 Å². The molecule has 2 aliphatic heterocycles. The van der Waals surface area contributed by atoms with Crippen molar-refractivity contribution < 1.29 is 19.4 Å². The Morgan fingerprint density at radius 1 is 1.32 bits per heavy atom. The van der Waals surface area contributed by atoms with Gasteiger partial charge >= 0.3 is 0 Å². The summed E-state index contributed by atoms with van der Waals surface area (Å²) in [5.41, 5.74) is 0.196. The van der Waals surface area contributed by atoms with Gasteiger partial charge in [0.2, 0.25) is 5.91 Å². The van der Waals surface area contributed by atoms with Crippen LogP contribution in [-0.2, 0) is 9.53 Å². The molecule has 0 bridgehead atoms. The molecule has 2 N–H and O–H groups in total. The molecule has 0 unspecified atom stereocenters. The Hall–Kier alpha value is -1.92. The third-order valence-electron chi connectivity index (χ3n) is 5.18. The number of likely N-dealkylation sites (tertiary alicyclic amines) is 1. The Morgan fingerprint density at radius 3 is 2.80 bits per heavy atom. The van der Waals surface area contributed by atoms with Crippen LogP contribution in [0.4, 0.5) is 0 Å². The lowest BCUT2D eigenvalue weighted by atomic mass is 9.91. The number of piperidine rings is 1. The van der Waals surface area contributed by atoms with Gasteiger partial charge in [0.25, 0.3) is 5.91 Å². The number of benzene rings is 1. The maximum absolute atomic E-state index is 12.8. The van der Waals surface area contributed by atoms with E-state index in [1.54, 1.807) is 17.0 Å². The zero-order valence-corrected chi connectivity index (χ0v) is 14.4. The van der Waals surface area contributed by atoms with E-state index in [1.807, 2.05) is 18.2 Å². The molecule has 2 amide bonds. The predicted molar refractivity (Wildman–Crippen MR) is 93.1 cm³/mol. The fourth-order valence-corrected chi connectivity index (χ4v) is 3.68. The SMILES string of the molecule is O=C(N[C@]1(CCO)CCOC1)[C@@H]1CCCN(C(=O)c2ccccc2)C1. The number of hydrogen-bond donors (Lipinski definition) is 2. The molecule has 0 aromatic heterocycles. The maximum Gasteiger partial charge on any atom is 0.253 e. The first-order valence-corrected chi connectivity index (χ1v) is 8.98. The van der Waals surface area contributed by atoms with Gasteiger partial charge in [0.05, 0.1) is 18.1 Å². The molecule has 2 aliphatic rings. The van der Waals surface area contributed by atoms with Crippen molar-refractivity contribution in [2.75, 3.05) is 32.9 Å². The minimum atomic E-state index is -0.461. The molecule has 6 heteroatoms. The van der Waals surface area contributed by atoms with Gasteiger partial charge in [-0.1, -0.05) is 18.2 Å². The third-order valence-corrected chi connectivity index (χ3v) is 5.18. The quantitative estimate of drug-likeness (QED) is 0.840. The van der Waals surface area contributed by atoms with E-state index < -0.39 is 5.54 Å². The van der Waals surface area contributed by atoms with Crippen molar-refractivity contribution in [1.29, 1.82) is 0 Å². The van der Waals surface area contributed by atoms with Gasteiger partial charge in [-0.3, -0.25) is 9.59 Å². The van der Waals surface area contributed by atoms with Crippen LogP contribution in [-0.4, -0.2) is 60.3 Å². The Labute approximate surface area is 148 Å². The normalized spacial score (nSPS) is 26.4. The summed E-state index contributed by atoms with van der Waals surface area (Å²) in [5, 5.41) is 12.4. The number of aliphatic hydroxyl groups excluding tert-OH is 1. The summed E-state index contributed by atoms with van der Waals surface area (Å²) in [7, 11) is 0. The number of ether oxygens (including phenoxy) is 1. The van der Waals surface area contributed by atoms with Crippen LogP contribution in [0.15, 0.2) is 30.3 Å². The average Bonchev–Trinajstić information content (AvgIpc) is 3.10. The van der Waals surface area contributed by atoms with Gasteiger partial charge in [0, 0.05) is 31.9 Å². The van der Waals surface area contributed by atoms with Crippen LogP contribution in [0.1, 0.15) is 36.0 Å². The zero-order valence-electron chi connectivity index (χ0n) is 14.4. The molecule has 0 saturated carbocycles. The van der Waals surface area contributed by atoms with Crippen molar-refractivity contribution in [2.45, 2.75) is 31.2 Å². The van der Waals surface area contributed by atoms with Gasteiger partial charge < -0.3 is 20.1 Å². The van der Waals surface area contributed by atoms with Crippen molar-refractivity contribution in [3.8, 4) is 0 Å². The van der Waals surface area contributed by atoms with Crippen LogP contribution >= 0.6 is 0 Å². The molecule has 6 nitrogen and oxygen atoms in total. The molecule has 25 heavy (non-hydrogen) atoms. The standard InChI is InChI=1S/C19H26N2O4/c22-11-8-19(9-12-25-14-19)20-17(23)16-7-4-10-21(13-16)18(24)15-5-2-1-3-6-15/h1-3,5-6,16,22H,4,7-14H2,(H,20,23)/t16-,19-/m1/s1. The molecule has 1 aromatic carbocycles. The van der Waals surface area contributed by atoms with Gasteiger partial charge in [0.15, 0.2) is 0 Å². The van der Waals surface area contributed by atoms with Crippen LogP contribution < -0.4 is 5.32 Å². The predicted octanol–water partition coefficient (Wildman–Crippen LogP) is 1.20.